The van der Waals surface area contributed by atoms with Crippen LogP contribution in [0.25, 0.3) is 55.3 Å². The molecular weight excluding hydrogens is 479 g/mol. The predicted octanol–water partition coefficient (Wildman–Crippen LogP) is 5.56. The molecule has 6 aromatic heterocycles. The highest BCUT2D eigenvalue weighted by molar-refractivity contribution is 7.13. The quantitative estimate of drug-likeness (QED) is 0.276. The van der Waals surface area contributed by atoms with Gasteiger partial charge in [0.25, 0.3) is 0 Å². The third kappa shape index (κ3) is 3.99. The Bertz CT molecular complexity index is 1740. The van der Waals surface area contributed by atoms with Crippen LogP contribution < -0.4 is 5.32 Å². The van der Waals surface area contributed by atoms with Crippen LogP contribution in [-0.2, 0) is 4.79 Å². The normalized spacial score (nSPS) is 11.4. The number of hydrogen-bond donors (Lipinski definition) is 3. The minimum atomic E-state index is -0.277. The average Bonchev–Trinajstić information content (AvgIpc) is 3.61. The number of halogens is 1. The third-order valence-corrected chi connectivity index (χ3v) is 6.55. The van der Waals surface area contributed by atoms with Crippen molar-refractivity contribution in [2.75, 3.05) is 5.32 Å². The van der Waals surface area contributed by atoms with Gasteiger partial charge in [-0.25, -0.2) is 4.98 Å². The van der Waals surface area contributed by atoms with E-state index in [1.807, 2.05) is 25.1 Å². The van der Waals surface area contributed by atoms with Gasteiger partial charge in [0.2, 0.25) is 5.91 Å². The molecule has 0 bridgehead atoms. The second kappa shape index (κ2) is 8.93. The maximum absolute atomic E-state index is 13.6. The van der Waals surface area contributed by atoms with Crippen molar-refractivity contribution < 1.29 is 9.18 Å². The number of H-pyrrole nitrogens is 2. The van der Waals surface area contributed by atoms with Crippen molar-refractivity contribution in [1.82, 2.24) is 35.1 Å². The van der Waals surface area contributed by atoms with E-state index >= 15 is 0 Å². The van der Waals surface area contributed by atoms with E-state index in [1.165, 1.54) is 6.07 Å². The average molecular weight is 499 g/mol. The van der Waals surface area contributed by atoms with Gasteiger partial charge in [0, 0.05) is 29.8 Å². The van der Waals surface area contributed by atoms with E-state index in [9.17, 15) is 9.18 Å². The van der Waals surface area contributed by atoms with Crippen LogP contribution in [0.1, 0.15) is 19.8 Å². The lowest BCUT2D eigenvalue weighted by atomic mass is 10.1. The van der Waals surface area contributed by atoms with E-state index in [1.54, 1.807) is 30.9 Å². The van der Waals surface area contributed by atoms with E-state index in [0.717, 1.165) is 39.7 Å². The molecule has 0 saturated heterocycles. The van der Waals surface area contributed by atoms with Gasteiger partial charge in [-0.2, -0.15) is 9.49 Å². The number of aromatic amines is 2. The molecule has 0 aromatic carbocycles. The molecule has 0 fully saturated rings. The van der Waals surface area contributed by atoms with E-state index in [0.29, 0.717) is 45.4 Å². The molecule has 0 atom stereocenters. The Labute approximate surface area is 207 Å². The van der Waals surface area contributed by atoms with Crippen LogP contribution in [0.3, 0.4) is 0 Å². The van der Waals surface area contributed by atoms with Gasteiger partial charge in [0.15, 0.2) is 11.0 Å². The molecule has 0 spiro atoms. The summed E-state index contributed by atoms with van der Waals surface area (Å²) in [4.78, 5) is 34.0. The molecule has 0 aliphatic heterocycles. The number of carbonyl (C=O) groups excluding carboxylic acids is 1. The zero-order valence-corrected chi connectivity index (χ0v) is 19.9. The number of imidazole rings is 1. The number of anilines is 1. The Hall–Kier alpha value is -4.51. The van der Waals surface area contributed by atoms with Crippen LogP contribution in [0.2, 0.25) is 0 Å². The van der Waals surface area contributed by atoms with Crippen LogP contribution in [0.4, 0.5) is 10.1 Å². The summed E-state index contributed by atoms with van der Waals surface area (Å²) in [6, 6.07) is 8.69. The van der Waals surface area contributed by atoms with Gasteiger partial charge in [-0.15, -0.1) is 11.3 Å². The Morgan fingerprint density at radius 3 is 2.83 bits per heavy atom. The number of hydrogen-bond acceptors (Lipinski definition) is 7. The Morgan fingerprint density at radius 2 is 2.00 bits per heavy atom. The monoisotopic (exact) mass is 498 g/mol. The summed E-state index contributed by atoms with van der Waals surface area (Å²) in [5.74, 6) is 0.499. The minimum absolute atomic E-state index is 0.0546. The molecular formula is C25H19FN8OS. The number of fused-ring (bicyclic) bond motifs is 2. The molecule has 0 aliphatic rings. The minimum Gasteiger partial charge on any atom is -0.336 e. The fourth-order valence-corrected chi connectivity index (χ4v) is 4.75. The van der Waals surface area contributed by atoms with Crippen molar-refractivity contribution in [2.24, 2.45) is 0 Å². The SMILES string of the molecule is CCCC(=O)Nc1cncc(-c2cc3c(-c4nc5c(-c6ccc(F)s6)nccc5[nH]4)n[nH]c3cn2)c1. The predicted molar refractivity (Wildman–Crippen MR) is 137 cm³/mol. The lowest BCUT2D eigenvalue weighted by Crippen LogP contribution is -2.10. The molecule has 0 aliphatic carbocycles. The van der Waals surface area contributed by atoms with Crippen LogP contribution in [-0.4, -0.2) is 41.0 Å². The number of aromatic nitrogens is 7. The molecule has 0 saturated carbocycles. The van der Waals surface area contributed by atoms with Crippen molar-refractivity contribution in [3.05, 3.63) is 60.3 Å². The molecule has 11 heteroatoms. The molecule has 0 radical (unpaired) electrons. The molecule has 36 heavy (non-hydrogen) atoms. The molecule has 3 N–H and O–H groups in total. The number of thiophene rings is 1. The van der Waals surface area contributed by atoms with E-state index in [-0.39, 0.29) is 11.0 Å². The summed E-state index contributed by atoms with van der Waals surface area (Å²) < 4.78 is 13.6. The number of amides is 1. The zero-order valence-electron chi connectivity index (χ0n) is 19.0. The number of nitrogens with one attached hydrogen (secondary N) is 3. The summed E-state index contributed by atoms with van der Waals surface area (Å²) in [5.41, 5.74) is 5.43. The first-order valence-corrected chi connectivity index (χ1v) is 12.1. The van der Waals surface area contributed by atoms with Crippen molar-refractivity contribution >= 4 is 44.9 Å². The number of pyridine rings is 3. The standard InChI is InChI=1S/C25H19FN8OS/c1-2-3-21(35)30-14-8-13(10-27-11-14)17-9-15-18(12-29-17)33-34-22(15)25-31-16-6-7-28-24(23(16)32-25)19-4-5-20(26)36-19/h4-12H,2-3H2,1H3,(H,30,35)(H,31,32)(H,33,34). The second-order valence-electron chi connectivity index (χ2n) is 8.19. The topological polar surface area (TPSA) is 125 Å². The Balaban J connectivity index is 1.40. The lowest BCUT2D eigenvalue weighted by Gasteiger charge is -2.06. The highest BCUT2D eigenvalue weighted by atomic mass is 32.1. The number of carbonyl (C=O) groups is 1. The maximum atomic E-state index is 13.6. The fourth-order valence-electron chi connectivity index (χ4n) is 4.02. The zero-order chi connectivity index (χ0) is 24.6. The van der Waals surface area contributed by atoms with Crippen LogP contribution >= 0.6 is 11.3 Å². The fraction of sp³-hybridized carbons (Fsp3) is 0.120. The van der Waals surface area contributed by atoms with Gasteiger partial charge < -0.3 is 10.3 Å². The Kier molecular flexibility index (Phi) is 5.45. The van der Waals surface area contributed by atoms with Gasteiger partial charge >= 0.3 is 0 Å². The Morgan fingerprint density at radius 1 is 1.08 bits per heavy atom. The maximum Gasteiger partial charge on any atom is 0.224 e. The van der Waals surface area contributed by atoms with Crippen LogP contribution in [0.5, 0.6) is 0 Å². The van der Waals surface area contributed by atoms with Crippen molar-refractivity contribution in [2.45, 2.75) is 19.8 Å². The first kappa shape index (κ1) is 22.0. The smallest absolute Gasteiger partial charge is 0.224 e. The summed E-state index contributed by atoms with van der Waals surface area (Å²) in [5, 5.41) is 10.9. The third-order valence-electron chi connectivity index (χ3n) is 5.67. The molecule has 6 rings (SSSR count). The molecule has 6 heterocycles. The van der Waals surface area contributed by atoms with Crippen LogP contribution in [0.15, 0.2) is 55.1 Å². The highest BCUT2D eigenvalue weighted by Crippen LogP contribution is 2.33. The van der Waals surface area contributed by atoms with Gasteiger partial charge in [0.05, 0.1) is 39.7 Å². The summed E-state index contributed by atoms with van der Waals surface area (Å²) in [7, 11) is 0. The molecule has 9 nitrogen and oxygen atoms in total. The number of nitrogens with zero attached hydrogens (tertiary/aromatic N) is 5. The van der Waals surface area contributed by atoms with E-state index < -0.39 is 0 Å². The largest absolute Gasteiger partial charge is 0.336 e. The summed E-state index contributed by atoms with van der Waals surface area (Å²) in [6.45, 7) is 1.96. The van der Waals surface area contributed by atoms with Crippen molar-refractivity contribution in [3.8, 4) is 33.3 Å². The van der Waals surface area contributed by atoms with Crippen molar-refractivity contribution in [3.63, 3.8) is 0 Å². The van der Waals surface area contributed by atoms with Gasteiger partial charge in [-0.05, 0) is 36.8 Å². The lowest BCUT2D eigenvalue weighted by molar-refractivity contribution is -0.116. The van der Waals surface area contributed by atoms with Crippen molar-refractivity contribution in [1.29, 1.82) is 0 Å². The van der Waals surface area contributed by atoms with E-state index in [2.05, 4.69) is 35.5 Å². The molecule has 0 unspecified atom stereocenters. The first-order chi connectivity index (χ1) is 17.6. The summed E-state index contributed by atoms with van der Waals surface area (Å²) >= 11 is 1.03. The molecule has 1 amide bonds. The highest BCUT2D eigenvalue weighted by Gasteiger charge is 2.18. The van der Waals surface area contributed by atoms with Gasteiger partial charge in [0.1, 0.15) is 16.9 Å². The number of rotatable bonds is 6. The van der Waals surface area contributed by atoms with Gasteiger partial charge in [-0.3, -0.25) is 24.8 Å². The molecule has 178 valence electrons. The second-order valence-corrected chi connectivity index (χ2v) is 9.23. The first-order valence-electron chi connectivity index (χ1n) is 11.3. The molecule has 6 aromatic rings. The van der Waals surface area contributed by atoms with Gasteiger partial charge in [-0.1, -0.05) is 6.92 Å². The van der Waals surface area contributed by atoms with E-state index in [4.69, 9.17) is 4.98 Å². The summed E-state index contributed by atoms with van der Waals surface area (Å²) in [6.07, 6.45) is 7.89. The van der Waals surface area contributed by atoms with Crippen LogP contribution in [0, 0.1) is 5.13 Å².